The number of piperidine rings is 1. The van der Waals surface area contributed by atoms with Crippen LogP contribution in [0.3, 0.4) is 0 Å². The number of ether oxygens (including phenoxy) is 3. The van der Waals surface area contributed by atoms with E-state index in [1.54, 1.807) is 0 Å². The zero-order chi connectivity index (χ0) is 36.3. The van der Waals surface area contributed by atoms with Gasteiger partial charge in [-0.2, -0.15) is 0 Å². The highest BCUT2D eigenvalue weighted by atomic mass is 16.5. The van der Waals surface area contributed by atoms with Crippen LogP contribution in [0.1, 0.15) is 214 Å². The Bertz CT molecular complexity index is 750. The van der Waals surface area contributed by atoms with Crippen molar-refractivity contribution in [2.24, 2.45) is 11.8 Å². The molecule has 7 heteroatoms. The molecule has 1 saturated heterocycles. The van der Waals surface area contributed by atoms with Crippen molar-refractivity contribution in [2.45, 2.75) is 214 Å². The molecule has 1 heterocycles. The van der Waals surface area contributed by atoms with Crippen LogP contribution >= 0.6 is 0 Å². The lowest BCUT2D eigenvalue weighted by Crippen LogP contribution is -2.34. The summed E-state index contributed by atoms with van der Waals surface area (Å²) in [5, 5.41) is 0. The first-order valence-electron chi connectivity index (χ1n) is 21.6. The van der Waals surface area contributed by atoms with E-state index in [0.29, 0.717) is 38.6 Å². The second kappa shape index (κ2) is 36.7. The molecule has 51 heavy (non-hydrogen) atoms. The average Bonchev–Trinajstić information content (AvgIpc) is 3.11. The summed E-state index contributed by atoms with van der Waals surface area (Å²) in [5.74, 6) is 0.171. The summed E-state index contributed by atoms with van der Waals surface area (Å²) in [4.78, 5) is 39.5. The van der Waals surface area contributed by atoms with Crippen LogP contribution in [-0.2, 0) is 28.6 Å². The van der Waals surface area contributed by atoms with Crippen molar-refractivity contribution in [1.29, 1.82) is 0 Å². The Morgan fingerprint density at radius 2 is 0.902 bits per heavy atom. The molecule has 0 atom stereocenters. The molecule has 0 amide bonds. The Morgan fingerprint density at radius 3 is 1.31 bits per heavy atom. The molecule has 0 radical (unpaired) electrons. The fourth-order valence-electron chi connectivity index (χ4n) is 6.97. The Balaban J connectivity index is 0.0000250. The van der Waals surface area contributed by atoms with Crippen LogP contribution in [-0.4, -0.2) is 62.8 Å². The van der Waals surface area contributed by atoms with Crippen molar-refractivity contribution in [2.75, 3.05) is 40.0 Å². The van der Waals surface area contributed by atoms with Gasteiger partial charge in [-0.15, -0.1) is 0 Å². The molecule has 0 spiro atoms. The van der Waals surface area contributed by atoms with Gasteiger partial charge >= 0.3 is 17.9 Å². The van der Waals surface area contributed by atoms with Gasteiger partial charge < -0.3 is 19.1 Å². The van der Waals surface area contributed by atoms with Crippen molar-refractivity contribution in [3.8, 4) is 0 Å². The molecule has 302 valence electrons. The number of hydrogen-bond donors (Lipinski definition) is 0. The Labute approximate surface area is 316 Å². The van der Waals surface area contributed by atoms with E-state index in [-0.39, 0.29) is 31.3 Å². The minimum atomic E-state index is -0.0696. The summed E-state index contributed by atoms with van der Waals surface area (Å²) >= 11 is 0. The van der Waals surface area contributed by atoms with Gasteiger partial charge in [0.2, 0.25) is 0 Å². The van der Waals surface area contributed by atoms with Crippen LogP contribution in [0.25, 0.3) is 0 Å². The number of rotatable bonds is 35. The predicted octanol–water partition coefficient (Wildman–Crippen LogP) is 12.2. The first kappa shape index (κ1) is 49.4. The maximum atomic E-state index is 12.8. The molecule has 0 bridgehead atoms. The van der Waals surface area contributed by atoms with Crippen molar-refractivity contribution in [1.82, 2.24) is 4.90 Å². The monoisotopic (exact) mass is 724 g/mol. The van der Waals surface area contributed by atoms with Crippen molar-refractivity contribution >= 4 is 17.9 Å². The first-order chi connectivity index (χ1) is 24.5. The summed E-state index contributed by atoms with van der Waals surface area (Å²) in [6.45, 7) is 7.99. The standard InChI is InChI=1S/C43H81NO6.CH4/c1-4-6-8-10-12-14-16-18-26-36-48-41(45)30-24-20-22-28-39(38-50-43(47)40-32-34-44(3)35-33-40)29-23-21-25-31-42(46)49-37-27-19-17-15-13-11-9-7-5-2;/h39-40H,4-38H2,1-3H3;1H4. The lowest BCUT2D eigenvalue weighted by Gasteiger charge is -2.28. The number of likely N-dealkylation sites (tertiary alicyclic amines) is 1. The first-order valence-corrected chi connectivity index (χ1v) is 21.6. The van der Waals surface area contributed by atoms with E-state index in [1.807, 2.05) is 0 Å². The van der Waals surface area contributed by atoms with Gasteiger partial charge in [-0.25, -0.2) is 0 Å². The van der Waals surface area contributed by atoms with Gasteiger partial charge in [0.1, 0.15) is 0 Å². The molecule has 0 aliphatic carbocycles. The highest BCUT2D eigenvalue weighted by Crippen LogP contribution is 2.22. The van der Waals surface area contributed by atoms with Crippen LogP contribution in [0.15, 0.2) is 0 Å². The third-order valence-electron chi connectivity index (χ3n) is 10.5. The SMILES string of the molecule is C.CCCCCCCCCCCOC(=O)CCCCCC(CCCCCC(=O)OCCCCCCCCCCC)COC(=O)C1CCN(C)CC1. The zero-order valence-corrected chi connectivity index (χ0v) is 33.3. The number of unbranched alkanes of at least 4 members (excludes halogenated alkanes) is 20. The van der Waals surface area contributed by atoms with Gasteiger partial charge in [0.15, 0.2) is 0 Å². The molecule has 0 unspecified atom stereocenters. The molecule has 0 saturated carbocycles. The van der Waals surface area contributed by atoms with E-state index in [1.165, 1.54) is 89.9 Å². The largest absolute Gasteiger partial charge is 0.466 e. The Morgan fingerprint density at radius 1 is 0.529 bits per heavy atom. The molecule has 1 aliphatic rings. The highest BCUT2D eigenvalue weighted by Gasteiger charge is 2.25. The zero-order valence-electron chi connectivity index (χ0n) is 33.3. The molecule has 0 aromatic heterocycles. The van der Waals surface area contributed by atoms with Crippen molar-refractivity contribution in [3.63, 3.8) is 0 Å². The van der Waals surface area contributed by atoms with E-state index < -0.39 is 0 Å². The minimum absolute atomic E-state index is 0. The van der Waals surface area contributed by atoms with E-state index in [4.69, 9.17) is 14.2 Å². The smallest absolute Gasteiger partial charge is 0.309 e. The quantitative estimate of drug-likeness (QED) is 0.0366. The van der Waals surface area contributed by atoms with Crippen LogP contribution in [0.5, 0.6) is 0 Å². The van der Waals surface area contributed by atoms with Gasteiger partial charge in [0, 0.05) is 12.8 Å². The number of esters is 3. The maximum absolute atomic E-state index is 12.8. The summed E-state index contributed by atoms with van der Waals surface area (Å²) in [5.41, 5.74) is 0. The maximum Gasteiger partial charge on any atom is 0.309 e. The fraction of sp³-hybridized carbons (Fsp3) is 0.932. The summed E-state index contributed by atoms with van der Waals surface area (Å²) in [7, 11) is 2.10. The number of hydrogen-bond acceptors (Lipinski definition) is 7. The van der Waals surface area contributed by atoms with Gasteiger partial charge in [0.25, 0.3) is 0 Å². The summed E-state index contributed by atoms with van der Waals surface area (Å²) in [6, 6.07) is 0. The number of carbonyl (C=O) groups excluding carboxylic acids is 3. The van der Waals surface area contributed by atoms with Crippen LogP contribution in [0.2, 0.25) is 0 Å². The Kier molecular flexibility index (Phi) is 35.5. The molecule has 1 rings (SSSR count). The van der Waals surface area contributed by atoms with Gasteiger partial charge in [-0.05, 0) is 77.4 Å². The van der Waals surface area contributed by atoms with Crippen LogP contribution < -0.4 is 0 Å². The molecule has 1 fully saturated rings. The van der Waals surface area contributed by atoms with E-state index in [0.717, 1.165) is 103 Å². The molecule has 0 aromatic carbocycles. The molecule has 1 aliphatic heterocycles. The molecular weight excluding hydrogens is 638 g/mol. The molecular formula is C44H85NO6. The highest BCUT2D eigenvalue weighted by molar-refractivity contribution is 5.72. The normalized spacial score (nSPS) is 13.6. The van der Waals surface area contributed by atoms with E-state index in [9.17, 15) is 14.4 Å². The molecule has 7 nitrogen and oxygen atoms in total. The third kappa shape index (κ3) is 31.6. The number of carbonyl (C=O) groups is 3. The second-order valence-corrected chi connectivity index (χ2v) is 15.4. The van der Waals surface area contributed by atoms with Gasteiger partial charge in [-0.1, -0.05) is 150 Å². The average molecular weight is 724 g/mol. The number of nitrogens with zero attached hydrogens (tertiary/aromatic N) is 1. The van der Waals surface area contributed by atoms with Crippen molar-refractivity contribution < 1.29 is 28.6 Å². The topological polar surface area (TPSA) is 82.1 Å². The predicted molar refractivity (Wildman–Crippen MR) is 214 cm³/mol. The lowest BCUT2D eigenvalue weighted by atomic mass is 9.94. The van der Waals surface area contributed by atoms with Crippen molar-refractivity contribution in [3.05, 3.63) is 0 Å². The van der Waals surface area contributed by atoms with Gasteiger partial charge in [-0.3, -0.25) is 14.4 Å². The van der Waals surface area contributed by atoms with E-state index >= 15 is 0 Å². The van der Waals surface area contributed by atoms with E-state index in [2.05, 4.69) is 25.8 Å². The van der Waals surface area contributed by atoms with Gasteiger partial charge in [0.05, 0.1) is 25.7 Å². The molecule has 0 N–H and O–H groups in total. The third-order valence-corrected chi connectivity index (χ3v) is 10.5. The second-order valence-electron chi connectivity index (χ2n) is 15.4. The molecule has 0 aromatic rings. The minimum Gasteiger partial charge on any atom is -0.466 e. The fourth-order valence-corrected chi connectivity index (χ4v) is 6.97. The Hall–Kier alpha value is -1.63. The van der Waals surface area contributed by atoms with Crippen LogP contribution in [0.4, 0.5) is 0 Å². The summed E-state index contributed by atoms with van der Waals surface area (Å²) < 4.78 is 16.8. The van der Waals surface area contributed by atoms with Crippen LogP contribution in [0, 0.1) is 11.8 Å². The summed E-state index contributed by atoms with van der Waals surface area (Å²) in [6.07, 6.45) is 33.1. The lowest BCUT2D eigenvalue weighted by molar-refractivity contribution is -0.152.